The maximum Gasteiger partial charge on any atom is 0.244 e. The number of hydrogen-bond acceptors (Lipinski definition) is 4. The fourth-order valence-corrected chi connectivity index (χ4v) is 4.70. The molecular weight excluding hydrogens is 542 g/mol. The van der Waals surface area contributed by atoms with Crippen LogP contribution in [0.4, 0.5) is 5.69 Å². The molecule has 0 aliphatic heterocycles. The highest BCUT2D eigenvalue weighted by Gasteiger charge is 2.32. The van der Waals surface area contributed by atoms with E-state index in [1.54, 1.807) is 42.5 Å². The number of anilines is 1. The number of carbonyl (C=O) groups excluding carboxylic acids is 2. The van der Waals surface area contributed by atoms with E-state index >= 15 is 0 Å². The van der Waals surface area contributed by atoms with Crippen molar-refractivity contribution in [3.05, 3.63) is 63.1 Å². The number of rotatable bonds is 10. The van der Waals surface area contributed by atoms with Crippen LogP contribution in [0.2, 0.25) is 5.02 Å². The van der Waals surface area contributed by atoms with Gasteiger partial charge in [-0.2, -0.15) is 0 Å². The maximum atomic E-state index is 13.6. The molecule has 0 saturated carbocycles. The predicted octanol–water partition coefficient (Wildman–Crippen LogP) is 4.51. The molecule has 0 unspecified atom stereocenters. The Morgan fingerprint density at radius 1 is 1.12 bits per heavy atom. The highest BCUT2D eigenvalue weighted by atomic mass is 79.9. The lowest BCUT2D eigenvalue weighted by atomic mass is 10.1. The molecule has 7 nitrogen and oxygen atoms in total. The lowest BCUT2D eigenvalue weighted by molar-refractivity contribution is -0.140. The van der Waals surface area contributed by atoms with E-state index in [2.05, 4.69) is 21.2 Å². The van der Waals surface area contributed by atoms with Gasteiger partial charge in [0.25, 0.3) is 0 Å². The molecule has 2 aromatic rings. The molecule has 10 heteroatoms. The van der Waals surface area contributed by atoms with Gasteiger partial charge >= 0.3 is 0 Å². The van der Waals surface area contributed by atoms with Gasteiger partial charge < -0.3 is 10.2 Å². The summed E-state index contributed by atoms with van der Waals surface area (Å²) in [6, 6.07) is 11.2. The number of nitrogens with zero attached hydrogens (tertiary/aromatic N) is 2. The fraction of sp³-hybridized carbons (Fsp3) is 0.417. The minimum atomic E-state index is -3.77. The van der Waals surface area contributed by atoms with Crippen LogP contribution < -0.4 is 9.62 Å². The van der Waals surface area contributed by atoms with Gasteiger partial charge in [-0.3, -0.25) is 13.9 Å². The number of carbonyl (C=O) groups is 2. The molecule has 0 radical (unpaired) electrons. The first kappa shape index (κ1) is 28.1. The summed E-state index contributed by atoms with van der Waals surface area (Å²) in [4.78, 5) is 28.0. The second kappa shape index (κ2) is 12.0. The molecule has 1 atom stereocenters. The summed E-state index contributed by atoms with van der Waals surface area (Å²) in [7, 11) is -3.77. The number of hydrogen-bond donors (Lipinski definition) is 1. The molecule has 0 bridgehead atoms. The molecule has 0 saturated heterocycles. The highest BCUT2D eigenvalue weighted by Crippen LogP contribution is 2.25. The normalized spacial score (nSPS) is 12.4. The quantitative estimate of drug-likeness (QED) is 0.454. The topological polar surface area (TPSA) is 86.8 Å². The molecule has 0 fully saturated rings. The second-order valence-corrected chi connectivity index (χ2v) is 11.6. The van der Waals surface area contributed by atoms with Gasteiger partial charge in [0.05, 0.1) is 11.9 Å². The first-order valence-electron chi connectivity index (χ1n) is 10.9. The molecule has 2 amide bonds. The Hall–Kier alpha value is -2.10. The van der Waals surface area contributed by atoms with Crippen LogP contribution in [-0.2, 0) is 26.2 Å². The SMILES string of the molecule is CC[C@@H](C(=O)NC(C)C)N(Cc1ccc(Cl)cc1)C(=O)CN(c1ccc(Br)c(C)c1)S(C)(=O)=O. The van der Waals surface area contributed by atoms with E-state index in [9.17, 15) is 18.0 Å². The third kappa shape index (κ3) is 7.71. The molecule has 34 heavy (non-hydrogen) atoms. The number of nitrogens with one attached hydrogen (secondary N) is 1. The number of benzene rings is 2. The molecule has 186 valence electrons. The largest absolute Gasteiger partial charge is 0.352 e. The lowest BCUT2D eigenvalue weighted by Crippen LogP contribution is -2.53. The molecule has 2 aromatic carbocycles. The van der Waals surface area contributed by atoms with Crippen molar-refractivity contribution in [3.63, 3.8) is 0 Å². The van der Waals surface area contributed by atoms with Gasteiger partial charge in [-0.15, -0.1) is 0 Å². The summed E-state index contributed by atoms with van der Waals surface area (Å²) in [6.07, 6.45) is 1.43. The van der Waals surface area contributed by atoms with Crippen LogP contribution in [-0.4, -0.2) is 50.0 Å². The van der Waals surface area contributed by atoms with Gasteiger partial charge in [0.15, 0.2) is 0 Å². The van der Waals surface area contributed by atoms with Gasteiger partial charge in [-0.25, -0.2) is 8.42 Å². The second-order valence-electron chi connectivity index (χ2n) is 8.44. The Labute approximate surface area is 215 Å². The van der Waals surface area contributed by atoms with Crippen LogP contribution in [0.5, 0.6) is 0 Å². The van der Waals surface area contributed by atoms with Crippen molar-refractivity contribution < 1.29 is 18.0 Å². The summed E-state index contributed by atoms with van der Waals surface area (Å²) in [5, 5.41) is 3.42. The van der Waals surface area contributed by atoms with Crippen LogP contribution in [0.1, 0.15) is 38.3 Å². The van der Waals surface area contributed by atoms with Gasteiger partial charge in [-0.1, -0.05) is 46.6 Å². The predicted molar refractivity (Wildman–Crippen MR) is 140 cm³/mol. The minimum Gasteiger partial charge on any atom is -0.352 e. The number of aryl methyl sites for hydroxylation is 1. The molecular formula is C24H31BrClN3O4S. The minimum absolute atomic E-state index is 0.104. The molecule has 0 heterocycles. The van der Waals surface area contributed by atoms with Crippen molar-refractivity contribution in [2.24, 2.45) is 0 Å². The third-order valence-corrected chi connectivity index (χ3v) is 7.47. The van der Waals surface area contributed by atoms with Crippen molar-refractivity contribution >= 4 is 55.1 Å². The number of sulfonamides is 1. The van der Waals surface area contributed by atoms with Crippen molar-refractivity contribution in [2.45, 2.75) is 52.7 Å². The Kier molecular flexibility index (Phi) is 9.96. The zero-order chi connectivity index (χ0) is 25.6. The van der Waals surface area contributed by atoms with Crippen LogP contribution >= 0.6 is 27.5 Å². The van der Waals surface area contributed by atoms with E-state index in [4.69, 9.17) is 11.6 Å². The van der Waals surface area contributed by atoms with Gasteiger partial charge in [0.2, 0.25) is 21.8 Å². The molecule has 0 aliphatic carbocycles. The smallest absolute Gasteiger partial charge is 0.244 e. The van der Waals surface area contributed by atoms with Gasteiger partial charge in [0.1, 0.15) is 12.6 Å². The number of halogens is 2. The third-order valence-electron chi connectivity index (χ3n) is 5.19. The van der Waals surface area contributed by atoms with Crippen LogP contribution in [0.15, 0.2) is 46.9 Å². The molecule has 2 rings (SSSR count). The zero-order valence-electron chi connectivity index (χ0n) is 20.0. The van der Waals surface area contributed by atoms with Crippen LogP contribution in [0.25, 0.3) is 0 Å². The molecule has 1 N–H and O–H groups in total. The summed E-state index contributed by atoms with van der Waals surface area (Å²) in [5.41, 5.74) is 1.99. The summed E-state index contributed by atoms with van der Waals surface area (Å²) in [5.74, 6) is -0.767. The van der Waals surface area contributed by atoms with E-state index in [1.165, 1.54) is 4.90 Å². The monoisotopic (exact) mass is 571 g/mol. The van der Waals surface area contributed by atoms with Crippen LogP contribution in [0.3, 0.4) is 0 Å². The van der Waals surface area contributed by atoms with Crippen molar-refractivity contribution in [2.75, 3.05) is 17.1 Å². The molecule has 0 aliphatic rings. The van der Waals surface area contributed by atoms with Crippen molar-refractivity contribution in [1.29, 1.82) is 0 Å². The van der Waals surface area contributed by atoms with E-state index in [0.29, 0.717) is 17.1 Å². The van der Waals surface area contributed by atoms with E-state index < -0.39 is 28.5 Å². The summed E-state index contributed by atoms with van der Waals surface area (Å²) >= 11 is 9.41. The average molecular weight is 573 g/mol. The van der Waals surface area contributed by atoms with Crippen molar-refractivity contribution in [3.8, 4) is 0 Å². The molecule has 0 aromatic heterocycles. The summed E-state index contributed by atoms with van der Waals surface area (Å²) in [6.45, 7) is 7.05. The maximum absolute atomic E-state index is 13.6. The van der Waals surface area contributed by atoms with Gasteiger partial charge in [-0.05, 0) is 68.7 Å². The standard InChI is InChI=1S/C24H31BrClN3O4S/c1-6-22(24(31)27-16(2)3)28(14-18-7-9-19(26)10-8-18)23(30)15-29(34(5,32)33)20-11-12-21(25)17(4)13-20/h7-13,16,22H,6,14-15H2,1-5H3,(H,27,31)/t22-/m0/s1. The Balaban J connectivity index is 2.45. The Morgan fingerprint density at radius 2 is 1.74 bits per heavy atom. The van der Waals surface area contributed by atoms with E-state index in [0.717, 1.165) is 26.2 Å². The van der Waals surface area contributed by atoms with Crippen molar-refractivity contribution in [1.82, 2.24) is 10.2 Å². The molecule has 0 spiro atoms. The average Bonchev–Trinajstić information content (AvgIpc) is 2.74. The van der Waals surface area contributed by atoms with Gasteiger partial charge in [0, 0.05) is 22.1 Å². The van der Waals surface area contributed by atoms with Crippen LogP contribution in [0, 0.1) is 6.92 Å². The summed E-state index contributed by atoms with van der Waals surface area (Å²) < 4.78 is 27.2. The Morgan fingerprint density at radius 3 is 2.24 bits per heavy atom. The highest BCUT2D eigenvalue weighted by molar-refractivity contribution is 9.10. The number of amides is 2. The van der Waals surface area contributed by atoms with E-state index in [-0.39, 0.29) is 18.5 Å². The lowest BCUT2D eigenvalue weighted by Gasteiger charge is -2.33. The first-order valence-corrected chi connectivity index (χ1v) is 13.9. The fourth-order valence-electron chi connectivity index (χ4n) is 3.48. The van der Waals surface area contributed by atoms with E-state index in [1.807, 2.05) is 27.7 Å². The Bertz CT molecular complexity index is 1120. The first-order chi connectivity index (χ1) is 15.8. The zero-order valence-corrected chi connectivity index (χ0v) is 23.2.